The van der Waals surface area contributed by atoms with Crippen LogP contribution in [0.3, 0.4) is 0 Å². The molecule has 1 atom stereocenters. The zero-order valence-electron chi connectivity index (χ0n) is 11.6. The minimum Gasteiger partial charge on any atom is -0.497 e. The third-order valence-corrected chi connectivity index (χ3v) is 4.33. The van der Waals surface area contributed by atoms with E-state index in [4.69, 9.17) is 4.74 Å². The molecule has 0 amide bonds. The molecule has 1 aromatic heterocycles. The Balaban J connectivity index is 1.67. The highest BCUT2D eigenvalue weighted by atomic mass is 32.2. The number of carboxylic acid groups (broad SMARTS) is 1. The second kappa shape index (κ2) is 5.95. The number of fused-ring (bicyclic) bond motifs is 1. The number of imidazole rings is 1. The number of aromatic amines is 1. The number of ether oxygens (including phenoxy) is 1. The molecule has 1 saturated carbocycles. The lowest BCUT2D eigenvalue weighted by atomic mass is 10.3. The summed E-state index contributed by atoms with van der Waals surface area (Å²) in [6.45, 7) is 0. The van der Waals surface area contributed by atoms with Crippen LogP contribution in [0.4, 0.5) is 0 Å². The van der Waals surface area contributed by atoms with Gasteiger partial charge in [-0.3, -0.25) is 4.79 Å². The van der Waals surface area contributed by atoms with Crippen LogP contribution >= 0.6 is 11.8 Å². The first-order valence-corrected chi connectivity index (χ1v) is 7.79. The minimum absolute atomic E-state index is 0.367. The first kappa shape index (κ1) is 14.2. The average Bonchev–Trinajstić information content (AvgIpc) is 3.20. The Morgan fingerprint density at radius 3 is 3.10 bits per heavy atom. The van der Waals surface area contributed by atoms with Crippen LogP contribution in [0.15, 0.2) is 23.4 Å². The van der Waals surface area contributed by atoms with Crippen molar-refractivity contribution >= 4 is 28.8 Å². The van der Waals surface area contributed by atoms with Gasteiger partial charge in [-0.2, -0.15) is 0 Å². The van der Waals surface area contributed by atoms with Crippen LogP contribution in [0.2, 0.25) is 0 Å². The Hall–Kier alpha value is -1.73. The van der Waals surface area contributed by atoms with Crippen LogP contribution in [0.1, 0.15) is 12.8 Å². The van der Waals surface area contributed by atoms with E-state index < -0.39 is 12.0 Å². The molecule has 2 aromatic rings. The smallest absolute Gasteiger partial charge is 0.321 e. The number of carboxylic acids is 1. The van der Waals surface area contributed by atoms with Crippen LogP contribution in [0, 0.1) is 0 Å². The number of thioether (sulfide) groups is 1. The maximum Gasteiger partial charge on any atom is 0.321 e. The Kier molecular flexibility index (Phi) is 4.03. The first-order valence-electron chi connectivity index (χ1n) is 6.81. The Morgan fingerprint density at radius 2 is 2.43 bits per heavy atom. The van der Waals surface area contributed by atoms with Crippen molar-refractivity contribution in [3.8, 4) is 5.75 Å². The van der Waals surface area contributed by atoms with Crippen LogP contribution < -0.4 is 10.1 Å². The van der Waals surface area contributed by atoms with Gasteiger partial charge in [0.05, 0.1) is 18.1 Å². The zero-order valence-corrected chi connectivity index (χ0v) is 12.4. The number of benzene rings is 1. The summed E-state index contributed by atoms with van der Waals surface area (Å²) in [5.74, 6) is 0.400. The molecule has 0 saturated heterocycles. The largest absolute Gasteiger partial charge is 0.497 e. The maximum absolute atomic E-state index is 11.2. The fraction of sp³-hybridized carbons (Fsp3) is 0.429. The van der Waals surface area contributed by atoms with Crippen LogP contribution in [-0.4, -0.2) is 46.0 Å². The summed E-state index contributed by atoms with van der Waals surface area (Å²) in [6, 6.07) is 5.44. The SMILES string of the molecule is COc1ccc2nc(SCC(NC3CC3)C(=O)O)[nH]c2c1. The van der Waals surface area contributed by atoms with E-state index in [0.717, 1.165) is 34.8 Å². The van der Waals surface area contributed by atoms with Gasteiger partial charge in [0.15, 0.2) is 5.16 Å². The predicted octanol–water partition coefficient (Wildman–Crippen LogP) is 1.87. The van der Waals surface area contributed by atoms with Gasteiger partial charge in [-0.05, 0) is 25.0 Å². The van der Waals surface area contributed by atoms with E-state index in [1.807, 2.05) is 18.2 Å². The third-order valence-electron chi connectivity index (χ3n) is 3.37. The monoisotopic (exact) mass is 307 g/mol. The normalized spacial score (nSPS) is 16.0. The molecule has 1 unspecified atom stereocenters. The molecule has 21 heavy (non-hydrogen) atoms. The summed E-state index contributed by atoms with van der Waals surface area (Å²) >= 11 is 1.42. The van der Waals surface area contributed by atoms with Crippen molar-refractivity contribution in [2.24, 2.45) is 0 Å². The number of H-pyrrole nitrogens is 1. The molecule has 112 valence electrons. The van der Waals surface area contributed by atoms with Crippen molar-refractivity contribution in [1.29, 1.82) is 0 Å². The lowest BCUT2D eigenvalue weighted by Gasteiger charge is -2.12. The topological polar surface area (TPSA) is 87.2 Å². The Labute approximate surface area is 126 Å². The van der Waals surface area contributed by atoms with Crippen molar-refractivity contribution in [2.45, 2.75) is 30.1 Å². The molecule has 0 radical (unpaired) electrons. The van der Waals surface area contributed by atoms with Gasteiger partial charge >= 0.3 is 5.97 Å². The van der Waals surface area contributed by atoms with E-state index in [1.54, 1.807) is 7.11 Å². The highest BCUT2D eigenvalue weighted by molar-refractivity contribution is 7.99. The average molecular weight is 307 g/mol. The molecule has 3 rings (SSSR count). The molecule has 3 N–H and O–H groups in total. The van der Waals surface area contributed by atoms with Gasteiger partial charge in [0, 0.05) is 17.9 Å². The minimum atomic E-state index is -0.813. The predicted molar refractivity (Wildman–Crippen MR) is 81.0 cm³/mol. The van der Waals surface area contributed by atoms with E-state index in [0.29, 0.717) is 11.8 Å². The number of hydrogen-bond acceptors (Lipinski definition) is 5. The number of aromatic nitrogens is 2. The van der Waals surface area contributed by atoms with Gasteiger partial charge in [-0.25, -0.2) is 4.98 Å². The summed E-state index contributed by atoms with van der Waals surface area (Å²) in [4.78, 5) is 18.8. The Bertz CT molecular complexity index is 654. The maximum atomic E-state index is 11.2. The highest BCUT2D eigenvalue weighted by Gasteiger charge is 2.28. The molecule has 1 aliphatic carbocycles. The van der Waals surface area contributed by atoms with E-state index in [9.17, 15) is 9.90 Å². The Morgan fingerprint density at radius 1 is 1.62 bits per heavy atom. The summed E-state index contributed by atoms with van der Waals surface area (Å²) < 4.78 is 5.17. The number of nitrogens with zero attached hydrogens (tertiary/aromatic N) is 1. The fourth-order valence-electron chi connectivity index (χ4n) is 2.05. The fourth-order valence-corrected chi connectivity index (χ4v) is 2.96. The van der Waals surface area contributed by atoms with Gasteiger partial charge < -0.3 is 20.1 Å². The molecule has 7 heteroatoms. The molecule has 1 fully saturated rings. The number of hydrogen-bond donors (Lipinski definition) is 3. The van der Waals surface area contributed by atoms with Crippen molar-refractivity contribution in [3.05, 3.63) is 18.2 Å². The van der Waals surface area contributed by atoms with Crippen molar-refractivity contribution in [2.75, 3.05) is 12.9 Å². The van der Waals surface area contributed by atoms with Gasteiger partial charge in [0.1, 0.15) is 11.8 Å². The van der Waals surface area contributed by atoms with Crippen molar-refractivity contribution in [1.82, 2.24) is 15.3 Å². The molecule has 0 bridgehead atoms. The number of carbonyl (C=O) groups is 1. The zero-order chi connectivity index (χ0) is 14.8. The van der Waals surface area contributed by atoms with E-state index in [2.05, 4.69) is 15.3 Å². The summed E-state index contributed by atoms with van der Waals surface area (Å²) in [5, 5.41) is 13.1. The van der Waals surface area contributed by atoms with Gasteiger partial charge in [0.25, 0.3) is 0 Å². The lowest BCUT2D eigenvalue weighted by Crippen LogP contribution is -2.40. The van der Waals surface area contributed by atoms with Gasteiger partial charge in [-0.1, -0.05) is 11.8 Å². The summed E-state index contributed by atoms with van der Waals surface area (Å²) in [5.41, 5.74) is 1.74. The molecule has 6 nitrogen and oxygen atoms in total. The lowest BCUT2D eigenvalue weighted by molar-refractivity contribution is -0.138. The molecule has 0 aliphatic heterocycles. The van der Waals surface area contributed by atoms with Crippen LogP contribution in [0.25, 0.3) is 11.0 Å². The number of aliphatic carboxylic acids is 1. The molecule has 0 spiro atoms. The van der Waals surface area contributed by atoms with Crippen LogP contribution in [0.5, 0.6) is 5.75 Å². The molecular formula is C14H17N3O3S. The second-order valence-electron chi connectivity index (χ2n) is 5.07. The number of methoxy groups -OCH3 is 1. The number of nitrogens with one attached hydrogen (secondary N) is 2. The quantitative estimate of drug-likeness (QED) is 0.677. The van der Waals surface area contributed by atoms with Crippen molar-refractivity contribution in [3.63, 3.8) is 0 Å². The molecule has 1 heterocycles. The summed E-state index contributed by atoms with van der Waals surface area (Å²) in [6.07, 6.45) is 2.14. The first-order chi connectivity index (χ1) is 10.2. The number of rotatable bonds is 7. The second-order valence-corrected chi connectivity index (χ2v) is 6.08. The van der Waals surface area contributed by atoms with E-state index >= 15 is 0 Å². The van der Waals surface area contributed by atoms with Crippen molar-refractivity contribution < 1.29 is 14.6 Å². The molecular weight excluding hydrogens is 290 g/mol. The van der Waals surface area contributed by atoms with Gasteiger partial charge in [-0.15, -0.1) is 0 Å². The summed E-state index contributed by atoms with van der Waals surface area (Å²) in [7, 11) is 1.62. The van der Waals surface area contributed by atoms with Gasteiger partial charge in [0.2, 0.25) is 0 Å². The molecule has 1 aromatic carbocycles. The van der Waals surface area contributed by atoms with Crippen LogP contribution in [-0.2, 0) is 4.79 Å². The standard InChI is InChI=1S/C14H17N3O3S/c1-20-9-4-5-10-11(6-9)17-14(16-10)21-7-12(13(18)19)15-8-2-3-8/h4-6,8,12,15H,2-3,7H2,1H3,(H,16,17)(H,18,19). The van der Waals surface area contributed by atoms with E-state index in [1.165, 1.54) is 11.8 Å². The van der Waals surface area contributed by atoms with E-state index in [-0.39, 0.29) is 0 Å². The third kappa shape index (κ3) is 3.48. The highest BCUT2D eigenvalue weighted by Crippen LogP contribution is 2.25. The molecule has 1 aliphatic rings.